The molecule has 4 unspecified atom stereocenters. The first-order valence-electron chi connectivity index (χ1n) is 7.12. The molecule has 2 aliphatic carbocycles. The van der Waals surface area contributed by atoms with Gasteiger partial charge in [0.2, 0.25) is 0 Å². The van der Waals surface area contributed by atoms with Crippen LogP contribution in [0.4, 0.5) is 0 Å². The maximum absolute atomic E-state index is 5.93. The molecule has 0 aromatic carbocycles. The standard InChI is InChI=1S/C14H27N3/c1-9(2)8-16-14(15)17-10(3)13-7-11-4-5-12(13)6-11/h9-13H,4-8H2,1-3H3,(H3,15,16,17). The molecule has 3 heteroatoms. The van der Waals surface area contributed by atoms with E-state index >= 15 is 0 Å². The second-order valence-electron chi connectivity index (χ2n) is 6.39. The van der Waals surface area contributed by atoms with Gasteiger partial charge < -0.3 is 11.1 Å². The average Bonchev–Trinajstić information content (AvgIpc) is 2.87. The lowest BCUT2D eigenvalue weighted by molar-refractivity contribution is 0.278. The smallest absolute Gasteiger partial charge is 0.188 e. The molecule has 0 aliphatic heterocycles. The molecule has 0 saturated heterocycles. The minimum atomic E-state index is 0.487. The zero-order valence-corrected chi connectivity index (χ0v) is 11.4. The molecule has 17 heavy (non-hydrogen) atoms. The first-order valence-corrected chi connectivity index (χ1v) is 7.12. The van der Waals surface area contributed by atoms with Gasteiger partial charge in [-0.25, -0.2) is 0 Å². The van der Waals surface area contributed by atoms with Crippen LogP contribution in [0.25, 0.3) is 0 Å². The van der Waals surface area contributed by atoms with Crippen molar-refractivity contribution < 1.29 is 0 Å². The number of fused-ring (bicyclic) bond motifs is 2. The summed E-state index contributed by atoms with van der Waals surface area (Å²) in [5.74, 6) is 3.98. The highest BCUT2D eigenvalue weighted by atomic mass is 15.1. The van der Waals surface area contributed by atoms with Crippen LogP contribution < -0.4 is 11.1 Å². The van der Waals surface area contributed by atoms with Crippen molar-refractivity contribution in [3.63, 3.8) is 0 Å². The monoisotopic (exact) mass is 237 g/mol. The molecule has 0 spiro atoms. The van der Waals surface area contributed by atoms with Crippen molar-refractivity contribution >= 4 is 5.96 Å². The van der Waals surface area contributed by atoms with Crippen molar-refractivity contribution in [1.82, 2.24) is 5.32 Å². The average molecular weight is 237 g/mol. The van der Waals surface area contributed by atoms with Crippen LogP contribution in [0.2, 0.25) is 0 Å². The Bertz CT molecular complexity index is 285. The number of hydrogen-bond donors (Lipinski definition) is 2. The van der Waals surface area contributed by atoms with Crippen LogP contribution in [0.3, 0.4) is 0 Å². The fraction of sp³-hybridized carbons (Fsp3) is 0.929. The number of hydrogen-bond acceptors (Lipinski definition) is 1. The minimum absolute atomic E-state index is 0.487. The van der Waals surface area contributed by atoms with E-state index in [1.54, 1.807) is 0 Å². The number of aliphatic imine (C=N–C) groups is 1. The lowest BCUT2D eigenvalue weighted by Crippen LogP contribution is -2.44. The highest BCUT2D eigenvalue weighted by Gasteiger charge is 2.41. The normalized spacial score (nSPS) is 34.4. The molecular formula is C14H27N3. The molecule has 4 atom stereocenters. The molecule has 2 rings (SSSR count). The third-order valence-electron chi connectivity index (χ3n) is 4.44. The Kier molecular flexibility index (Phi) is 3.95. The molecule has 3 N–H and O–H groups in total. The van der Waals surface area contributed by atoms with Gasteiger partial charge in [0.1, 0.15) is 0 Å². The van der Waals surface area contributed by atoms with Crippen molar-refractivity contribution in [2.45, 2.75) is 52.5 Å². The Labute approximate surface area is 105 Å². The zero-order valence-electron chi connectivity index (χ0n) is 11.4. The summed E-state index contributed by atoms with van der Waals surface area (Å²) in [6, 6.07) is 0.487. The van der Waals surface area contributed by atoms with Crippen LogP contribution in [-0.4, -0.2) is 18.5 Å². The first kappa shape index (κ1) is 12.7. The van der Waals surface area contributed by atoms with Crippen LogP contribution in [0.1, 0.15) is 46.5 Å². The van der Waals surface area contributed by atoms with Crippen molar-refractivity contribution in [3.8, 4) is 0 Å². The molecular weight excluding hydrogens is 210 g/mol. The van der Waals surface area contributed by atoms with Crippen molar-refractivity contribution in [2.75, 3.05) is 6.54 Å². The van der Waals surface area contributed by atoms with Gasteiger partial charge in [0.05, 0.1) is 0 Å². The fourth-order valence-corrected chi connectivity index (χ4v) is 3.57. The van der Waals surface area contributed by atoms with Gasteiger partial charge in [0, 0.05) is 12.6 Å². The van der Waals surface area contributed by atoms with E-state index in [9.17, 15) is 0 Å². The van der Waals surface area contributed by atoms with Crippen LogP contribution in [0.5, 0.6) is 0 Å². The first-order chi connectivity index (χ1) is 8.06. The maximum atomic E-state index is 5.93. The maximum Gasteiger partial charge on any atom is 0.188 e. The number of guanidine groups is 1. The molecule has 98 valence electrons. The summed E-state index contributed by atoms with van der Waals surface area (Å²) in [6.45, 7) is 7.41. The van der Waals surface area contributed by atoms with Crippen LogP contribution in [0.15, 0.2) is 4.99 Å². The molecule has 0 aromatic heterocycles. The molecule has 2 saturated carbocycles. The molecule has 0 radical (unpaired) electrons. The summed E-state index contributed by atoms with van der Waals surface area (Å²) in [5, 5.41) is 3.39. The molecule has 3 nitrogen and oxygen atoms in total. The summed E-state index contributed by atoms with van der Waals surface area (Å²) in [7, 11) is 0. The zero-order chi connectivity index (χ0) is 12.4. The molecule has 2 bridgehead atoms. The highest BCUT2D eigenvalue weighted by Crippen LogP contribution is 2.49. The fourth-order valence-electron chi connectivity index (χ4n) is 3.57. The molecule has 0 amide bonds. The number of nitrogens with zero attached hydrogens (tertiary/aromatic N) is 1. The van der Waals surface area contributed by atoms with Gasteiger partial charge in [-0.3, -0.25) is 4.99 Å². The Hall–Kier alpha value is -0.730. The predicted octanol–water partition coefficient (Wildman–Crippen LogP) is 2.37. The van der Waals surface area contributed by atoms with Crippen LogP contribution in [0, 0.1) is 23.7 Å². The number of nitrogens with two attached hydrogens (primary N) is 1. The van der Waals surface area contributed by atoms with Crippen LogP contribution in [-0.2, 0) is 0 Å². The van der Waals surface area contributed by atoms with Crippen molar-refractivity contribution in [1.29, 1.82) is 0 Å². The summed E-state index contributed by atoms with van der Waals surface area (Å²) < 4.78 is 0. The highest BCUT2D eigenvalue weighted by molar-refractivity contribution is 5.78. The van der Waals surface area contributed by atoms with E-state index < -0.39 is 0 Å². The van der Waals surface area contributed by atoms with Gasteiger partial charge in [-0.05, 0) is 49.9 Å². The number of nitrogens with one attached hydrogen (secondary N) is 1. The predicted molar refractivity (Wildman–Crippen MR) is 72.9 cm³/mol. The topological polar surface area (TPSA) is 50.4 Å². The van der Waals surface area contributed by atoms with E-state index in [1.165, 1.54) is 25.7 Å². The van der Waals surface area contributed by atoms with Crippen molar-refractivity contribution in [2.24, 2.45) is 34.4 Å². The van der Waals surface area contributed by atoms with Gasteiger partial charge in [-0.2, -0.15) is 0 Å². The summed E-state index contributed by atoms with van der Waals surface area (Å²) >= 11 is 0. The molecule has 0 aromatic rings. The lowest BCUT2D eigenvalue weighted by Gasteiger charge is -2.28. The summed E-state index contributed by atoms with van der Waals surface area (Å²) in [6.07, 6.45) is 5.76. The molecule has 2 fully saturated rings. The van der Waals surface area contributed by atoms with Gasteiger partial charge in [-0.15, -0.1) is 0 Å². The lowest BCUT2D eigenvalue weighted by atomic mass is 9.84. The minimum Gasteiger partial charge on any atom is -0.370 e. The third-order valence-corrected chi connectivity index (χ3v) is 4.44. The number of rotatable bonds is 4. The largest absolute Gasteiger partial charge is 0.370 e. The van der Waals surface area contributed by atoms with Crippen LogP contribution >= 0.6 is 0 Å². The van der Waals surface area contributed by atoms with Gasteiger partial charge >= 0.3 is 0 Å². The van der Waals surface area contributed by atoms with E-state index in [-0.39, 0.29) is 0 Å². The van der Waals surface area contributed by atoms with E-state index in [2.05, 4.69) is 31.1 Å². The second-order valence-corrected chi connectivity index (χ2v) is 6.39. The Balaban J connectivity index is 1.80. The van der Waals surface area contributed by atoms with Gasteiger partial charge in [0.15, 0.2) is 5.96 Å². The van der Waals surface area contributed by atoms with Crippen molar-refractivity contribution in [3.05, 3.63) is 0 Å². The third kappa shape index (κ3) is 3.14. The SMILES string of the molecule is CC(C)CN=C(N)NC(C)C1CC2CCC1C2. The Morgan fingerprint density at radius 1 is 1.29 bits per heavy atom. The van der Waals surface area contributed by atoms with E-state index in [0.717, 1.165) is 24.3 Å². The van der Waals surface area contributed by atoms with E-state index in [4.69, 9.17) is 5.73 Å². The van der Waals surface area contributed by atoms with E-state index in [0.29, 0.717) is 17.9 Å². The van der Waals surface area contributed by atoms with E-state index in [1.807, 2.05) is 0 Å². The quantitative estimate of drug-likeness (QED) is 0.582. The van der Waals surface area contributed by atoms with Gasteiger partial charge in [-0.1, -0.05) is 20.3 Å². The molecule has 0 heterocycles. The summed E-state index contributed by atoms with van der Waals surface area (Å²) in [4.78, 5) is 4.38. The van der Waals surface area contributed by atoms with Gasteiger partial charge in [0.25, 0.3) is 0 Å². The second kappa shape index (κ2) is 5.28. The molecule has 2 aliphatic rings. The Morgan fingerprint density at radius 2 is 2.06 bits per heavy atom. The summed E-state index contributed by atoms with van der Waals surface area (Å²) in [5.41, 5.74) is 5.93. The Morgan fingerprint density at radius 3 is 2.59 bits per heavy atom.